The molecule has 0 aliphatic rings. The Morgan fingerprint density at radius 1 is 0.816 bits per heavy atom. The molecule has 0 amide bonds. The highest BCUT2D eigenvalue weighted by molar-refractivity contribution is 7.47. The normalized spacial score (nSPS) is 15.3. The van der Waals surface area contributed by atoms with Gasteiger partial charge in [-0.3, -0.25) is 9.05 Å². The lowest BCUT2D eigenvalue weighted by Crippen LogP contribution is -2.37. The molecule has 0 fully saturated rings. The van der Waals surface area contributed by atoms with E-state index in [0.29, 0.717) is 30.2 Å². The van der Waals surface area contributed by atoms with Crippen molar-refractivity contribution in [1.29, 1.82) is 0 Å². The first-order chi connectivity index (χ1) is 18.2. The molecule has 7 nitrogen and oxygen atoms in total. The topological polar surface area (TPSA) is 74.2 Å². The average molecular weight is 559 g/mol. The molecule has 0 saturated carbocycles. The lowest BCUT2D eigenvalue weighted by atomic mass is 9.88. The summed E-state index contributed by atoms with van der Waals surface area (Å²) < 4.78 is 33.9. The molecule has 1 aromatic carbocycles. The van der Waals surface area contributed by atoms with Gasteiger partial charge in [-0.1, -0.05) is 95.0 Å². The van der Waals surface area contributed by atoms with Crippen LogP contribution in [0.4, 0.5) is 0 Å². The highest BCUT2D eigenvalue weighted by Gasteiger charge is 2.24. The van der Waals surface area contributed by atoms with Crippen LogP contribution in [0.5, 0.6) is 0 Å². The minimum Gasteiger partial charge on any atom is -0.379 e. The Labute approximate surface area is 233 Å². The third-order valence-corrected chi connectivity index (χ3v) is 7.83. The molecule has 8 heteroatoms. The summed E-state index contributed by atoms with van der Waals surface area (Å²) in [6.07, 6.45) is 14.8. The molecule has 0 radical (unpaired) electrons. The zero-order chi connectivity index (χ0) is 28.1. The van der Waals surface area contributed by atoms with E-state index in [0.717, 1.165) is 12.8 Å². The van der Waals surface area contributed by atoms with Crippen molar-refractivity contribution in [2.45, 2.75) is 96.0 Å². The van der Waals surface area contributed by atoms with Crippen molar-refractivity contribution < 1.29 is 32.5 Å². The van der Waals surface area contributed by atoms with E-state index in [-0.39, 0.29) is 13.2 Å². The summed E-state index contributed by atoms with van der Waals surface area (Å²) in [5.74, 6) is 0.667. The number of phosphoric ester groups is 1. The van der Waals surface area contributed by atoms with Crippen LogP contribution < -0.4 is 0 Å². The largest absolute Gasteiger partial charge is 0.472 e. The van der Waals surface area contributed by atoms with Gasteiger partial charge in [0, 0.05) is 13.7 Å². The molecule has 1 N–H and O–H groups in total. The van der Waals surface area contributed by atoms with Gasteiger partial charge in [-0.05, 0) is 30.7 Å². The van der Waals surface area contributed by atoms with Gasteiger partial charge in [0.25, 0.3) is 0 Å². The quantitative estimate of drug-likeness (QED) is 0.0769. The van der Waals surface area contributed by atoms with Crippen molar-refractivity contribution in [2.24, 2.45) is 0 Å². The molecule has 0 saturated heterocycles. The van der Waals surface area contributed by atoms with Crippen LogP contribution in [0.25, 0.3) is 0 Å². The molecule has 3 atom stereocenters. The van der Waals surface area contributed by atoms with E-state index in [1.54, 1.807) is 7.11 Å². The van der Waals surface area contributed by atoms with Gasteiger partial charge < -0.3 is 18.9 Å². The highest BCUT2D eigenvalue weighted by Crippen LogP contribution is 2.43. The Morgan fingerprint density at radius 3 is 2.03 bits per heavy atom. The Balaban J connectivity index is 2.19. The summed E-state index contributed by atoms with van der Waals surface area (Å²) in [6, 6.07) is 11.0. The van der Waals surface area contributed by atoms with Gasteiger partial charge >= 0.3 is 7.82 Å². The van der Waals surface area contributed by atoms with Crippen LogP contribution in [-0.2, 0) is 23.1 Å². The minimum absolute atomic E-state index is 0.0475. The number of hydrogen-bond acceptors (Lipinski definition) is 5. The second-order valence-electron chi connectivity index (χ2n) is 11.4. The number of nitrogens with zero attached hydrogens (tertiary/aromatic N) is 1. The van der Waals surface area contributed by atoms with E-state index in [4.69, 9.17) is 18.5 Å². The van der Waals surface area contributed by atoms with Crippen molar-refractivity contribution in [1.82, 2.24) is 0 Å². The van der Waals surface area contributed by atoms with E-state index in [2.05, 4.69) is 37.3 Å². The fourth-order valence-electron chi connectivity index (χ4n) is 4.37. The van der Waals surface area contributed by atoms with Crippen LogP contribution in [0.15, 0.2) is 30.3 Å². The molecule has 0 spiro atoms. The van der Waals surface area contributed by atoms with Gasteiger partial charge in [0.05, 0.1) is 34.4 Å². The molecule has 38 heavy (non-hydrogen) atoms. The molecule has 0 aliphatic heterocycles. The second-order valence-corrected chi connectivity index (χ2v) is 12.9. The summed E-state index contributed by atoms with van der Waals surface area (Å²) in [7, 11) is 3.42. The Kier molecular flexibility index (Phi) is 19.5. The number of ether oxygens (including phenoxy) is 2. The Morgan fingerprint density at radius 2 is 1.42 bits per heavy atom. The van der Waals surface area contributed by atoms with E-state index in [9.17, 15) is 9.46 Å². The van der Waals surface area contributed by atoms with Crippen LogP contribution in [0.3, 0.4) is 0 Å². The summed E-state index contributed by atoms with van der Waals surface area (Å²) >= 11 is 0. The van der Waals surface area contributed by atoms with Gasteiger partial charge in [0.1, 0.15) is 19.3 Å². The van der Waals surface area contributed by atoms with Crippen molar-refractivity contribution >= 4 is 7.82 Å². The fraction of sp³-hybridized carbons (Fsp3) is 0.800. The van der Waals surface area contributed by atoms with Crippen LogP contribution in [-0.4, -0.2) is 76.7 Å². The van der Waals surface area contributed by atoms with Crippen LogP contribution in [0.2, 0.25) is 0 Å². The monoisotopic (exact) mass is 558 g/mol. The fourth-order valence-corrected chi connectivity index (χ4v) is 5.11. The van der Waals surface area contributed by atoms with E-state index in [1.165, 1.54) is 69.8 Å². The van der Waals surface area contributed by atoms with E-state index in [1.807, 2.05) is 21.1 Å². The average Bonchev–Trinajstić information content (AvgIpc) is 2.87. The van der Waals surface area contributed by atoms with Gasteiger partial charge in [-0.25, -0.2) is 4.57 Å². The molecule has 0 aliphatic carbocycles. The first-order valence-electron chi connectivity index (χ1n) is 14.7. The molecule has 0 aromatic heterocycles. The Bertz CT molecular complexity index is 727. The number of methoxy groups -OCH3 is 1. The van der Waals surface area contributed by atoms with Crippen LogP contribution >= 0.6 is 7.82 Å². The lowest BCUT2D eigenvalue weighted by molar-refractivity contribution is -0.870. The maximum Gasteiger partial charge on any atom is 0.472 e. The number of hydrogen-bond donors (Lipinski definition) is 1. The van der Waals surface area contributed by atoms with Crippen LogP contribution in [0.1, 0.15) is 95.5 Å². The zero-order valence-electron chi connectivity index (χ0n) is 24.9. The Hall–Kier alpha value is -0.790. The van der Waals surface area contributed by atoms with Gasteiger partial charge in [-0.15, -0.1) is 0 Å². The second kappa shape index (κ2) is 21.0. The molecule has 1 aromatic rings. The third kappa shape index (κ3) is 19.3. The standard InChI is InChI=1S/C30H56NO6P/c1-6-7-8-9-10-14-19-28(29-21-16-13-17-22-29)20-15-11-12-18-24-35-26-30(34-5)27-37-38(32,33)36-25-23-31(2,3)4/h13,16-17,21-22,28,30H,6-12,14-15,18-20,23-27H2,1-5H3/p+1. The molecular weight excluding hydrogens is 501 g/mol. The molecule has 222 valence electrons. The molecule has 3 unspecified atom stereocenters. The number of rotatable bonds is 25. The first-order valence-corrected chi connectivity index (χ1v) is 16.2. The summed E-state index contributed by atoms with van der Waals surface area (Å²) in [5, 5.41) is 0. The molecular formula is C30H57NO6P+. The number of benzene rings is 1. The summed E-state index contributed by atoms with van der Waals surface area (Å²) in [5.41, 5.74) is 1.49. The van der Waals surface area contributed by atoms with E-state index >= 15 is 0 Å². The van der Waals surface area contributed by atoms with Gasteiger partial charge in [0.15, 0.2) is 0 Å². The molecule has 0 heterocycles. The predicted octanol–water partition coefficient (Wildman–Crippen LogP) is 7.34. The van der Waals surface area contributed by atoms with Crippen LogP contribution in [0, 0.1) is 0 Å². The first kappa shape index (κ1) is 35.2. The summed E-state index contributed by atoms with van der Waals surface area (Å²) in [4.78, 5) is 9.86. The van der Waals surface area contributed by atoms with Crippen molar-refractivity contribution in [3.8, 4) is 0 Å². The third-order valence-electron chi connectivity index (χ3n) is 6.85. The van der Waals surface area contributed by atoms with Gasteiger partial charge in [-0.2, -0.15) is 0 Å². The SMILES string of the molecule is CCCCCCCCC(CCCCCCOCC(COP(=O)(O)OCC[N+](C)(C)C)OC)c1ccccc1. The molecule has 1 rings (SSSR count). The summed E-state index contributed by atoms with van der Waals surface area (Å²) in [6.45, 7) is 3.95. The highest BCUT2D eigenvalue weighted by atomic mass is 31.2. The van der Waals surface area contributed by atoms with Gasteiger partial charge in [0.2, 0.25) is 0 Å². The maximum atomic E-state index is 12.1. The number of unbranched alkanes of at least 4 members (excludes halogenated alkanes) is 8. The van der Waals surface area contributed by atoms with Crippen molar-refractivity contribution in [3.63, 3.8) is 0 Å². The predicted molar refractivity (Wildman–Crippen MR) is 157 cm³/mol. The minimum atomic E-state index is -4.09. The smallest absolute Gasteiger partial charge is 0.379 e. The van der Waals surface area contributed by atoms with E-state index < -0.39 is 13.9 Å². The lowest BCUT2D eigenvalue weighted by Gasteiger charge is -2.24. The van der Waals surface area contributed by atoms with Crippen molar-refractivity contribution in [3.05, 3.63) is 35.9 Å². The number of phosphoric acid groups is 1. The zero-order valence-corrected chi connectivity index (χ0v) is 25.8. The maximum absolute atomic E-state index is 12.1. The number of quaternary nitrogens is 1. The van der Waals surface area contributed by atoms with Crippen molar-refractivity contribution in [2.75, 3.05) is 61.2 Å². The molecule has 0 bridgehead atoms. The number of likely N-dealkylation sites (N-methyl/N-ethyl adjacent to an activating group) is 1.